The van der Waals surface area contributed by atoms with Crippen molar-refractivity contribution in [2.75, 3.05) is 33.4 Å². The van der Waals surface area contributed by atoms with E-state index in [4.69, 9.17) is 24.4 Å². The minimum atomic E-state index is 0.783. The zero-order valence-electron chi connectivity index (χ0n) is 9.25. The fourth-order valence-corrected chi connectivity index (χ4v) is 1.99. The molecule has 0 aromatic rings. The molecule has 1 fully saturated rings. The van der Waals surface area contributed by atoms with Crippen molar-refractivity contribution in [3.63, 3.8) is 0 Å². The summed E-state index contributed by atoms with van der Waals surface area (Å²) in [7, 11) is 1.85. The van der Waals surface area contributed by atoms with Gasteiger partial charge in [0.1, 0.15) is 0 Å². The molecule has 0 atom stereocenters. The summed E-state index contributed by atoms with van der Waals surface area (Å²) in [6, 6.07) is 0. The van der Waals surface area contributed by atoms with Crippen molar-refractivity contribution in [2.24, 2.45) is 0 Å². The van der Waals surface area contributed by atoms with Crippen LogP contribution in [0.1, 0.15) is 13.3 Å². The molecule has 1 aliphatic heterocycles. The lowest BCUT2D eigenvalue weighted by Gasteiger charge is -2.38. The number of hydrogen-bond donors (Lipinski definition) is 2. The van der Waals surface area contributed by atoms with Crippen LogP contribution in [0.2, 0.25) is 0 Å². The molecule has 0 radical (unpaired) electrons. The molecule has 1 heterocycles. The predicted molar refractivity (Wildman–Crippen MR) is 70.8 cm³/mol. The maximum absolute atomic E-state index is 5.27. The van der Waals surface area contributed by atoms with Gasteiger partial charge in [0.15, 0.2) is 10.2 Å². The Morgan fingerprint density at radius 3 is 2.33 bits per heavy atom. The summed E-state index contributed by atoms with van der Waals surface area (Å²) in [5.41, 5.74) is 0. The average molecular weight is 246 g/mol. The van der Waals surface area contributed by atoms with Gasteiger partial charge in [-0.3, -0.25) is 0 Å². The number of nitrogens with zero attached hydrogens (tertiary/aromatic N) is 2. The minimum absolute atomic E-state index is 0.783. The van der Waals surface area contributed by atoms with Gasteiger partial charge in [-0.2, -0.15) is 0 Å². The SMILES string of the molecule is CCNC(=S)N1CCCN(C(=S)NC)C1. The molecular formula is C9H18N4S2. The van der Waals surface area contributed by atoms with Gasteiger partial charge in [-0.05, 0) is 37.8 Å². The Hall–Kier alpha value is -0.620. The van der Waals surface area contributed by atoms with E-state index in [1.807, 2.05) is 14.0 Å². The molecule has 6 heteroatoms. The zero-order chi connectivity index (χ0) is 11.3. The Morgan fingerprint density at radius 2 is 1.80 bits per heavy atom. The molecular weight excluding hydrogens is 228 g/mol. The second kappa shape index (κ2) is 6.07. The van der Waals surface area contributed by atoms with E-state index in [0.29, 0.717) is 0 Å². The van der Waals surface area contributed by atoms with Gasteiger partial charge in [0, 0.05) is 26.7 Å². The third kappa shape index (κ3) is 3.46. The van der Waals surface area contributed by atoms with Crippen LogP contribution in [0.15, 0.2) is 0 Å². The van der Waals surface area contributed by atoms with Crippen molar-refractivity contribution in [3.05, 3.63) is 0 Å². The Balaban J connectivity index is 2.48. The van der Waals surface area contributed by atoms with Crippen molar-refractivity contribution < 1.29 is 0 Å². The van der Waals surface area contributed by atoms with Gasteiger partial charge in [-0.1, -0.05) is 0 Å². The minimum Gasteiger partial charge on any atom is -0.366 e. The highest BCUT2D eigenvalue weighted by atomic mass is 32.1. The highest BCUT2D eigenvalue weighted by Crippen LogP contribution is 2.06. The van der Waals surface area contributed by atoms with Gasteiger partial charge in [-0.15, -0.1) is 0 Å². The lowest BCUT2D eigenvalue weighted by Crippen LogP contribution is -2.54. The van der Waals surface area contributed by atoms with Crippen LogP contribution < -0.4 is 10.6 Å². The maximum Gasteiger partial charge on any atom is 0.170 e. The van der Waals surface area contributed by atoms with Crippen LogP contribution in [-0.2, 0) is 0 Å². The van der Waals surface area contributed by atoms with Crippen LogP contribution in [0.25, 0.3) is 0 Å². The smallest absolute Gasteiger partial charge is 0.170 e. The lowest BCUT2D eigenvalue weighted by molar-refractivity contribution is 0.210. The molecule has 0 aromatic carbocycles. The van der Waals surface area contributed by atoms with E-state index in [1.165, 1.54) is 0 Å². The van der Waals surface area contributed by atoms with Crippen LogP contribution in [0.5, 0.6) is 0 Å². The molecule has 1 rings (SSSR count). The Kier molecular flexibility index (Phi) is 5.04. The van der Waals surface area contributed by atoms with Gasteiger partial charge in [0.2, 0.25) is 0 Å². The fourth-order valence-electron chi connectivity index (χ4n) is 1.55. The van der Waals surface area contributed by atoms with Crippen molar-refractivity contribution >= 4 is 34.7 Å². The molecule has 0 aliphatic carbocycles. The molecule has 0 unspecified atom stereocenters. The third-order valence-electron chi connectivity index (χ3n) is 2.31. The van der Waals surface area contributed by atoms with E-state index in [0.717, 1.165) is 42.9 Å². The van der Waals surface area contributed by atoms with E-state index < -0.39 is 0 Å². The second-order valence-corrected chi connectivity index (χ2v) is 4.19. The summed E-state index contributed by atoms with van der Waals surface area (Å²) in [5, 5.41) is 7.76. The largest absolute Gasteiger partial charge is 0.366 e. The van der Waals surface area contributed by atoms with Crippen molar-refractivity contribution in [3.8, 4) is 0 Å². The first-order valence-electron chi connectivity index (χ1n) is 5.18. The summed E-state index contributed by atoms with van der Waals surface area (Å²) < 4.78 is 0. The van der Waals surface area contributed by atoms with Crippen LogP contribution >= 0.6 is 24.4 Å². The molecule has 1 saturated heterocycles. The molecule has 0 saturated carbocycles. The summed E-state index contributed by atoms with van der Waals surface area (Å²) in [6.45, 7) is 5.71. The first kappa shape index (κ1) is 12.4. The first-order chi connectivity index (χ1) is 7.19. The summed E-state index contributed by atoms with van der Waals surface area (Å²) in [5.74, 6) is 0. The maximum atomic E-state index is 5.27. The van der Waals surface area contributed by atoms with E-state index in [-0.39, 0.29) is 0 Å². The molecule has 0 amide bonds. The van der Waals surface area contributed by atoms with Crippen molar-refractivity contribution in [1.82, 2.24) is 20.4 Å². The summed E-state index contributed by atoms with van der Waals surface area (Å²) in [4.78, 5) is 4.27. The number of nitrogens with one attached hydrogen (secondary N) is 2. The summed E-state index contributed by atoms with van der Waals surface area (Å²) >= 11 is 10.5. The predicted octanol–water partition coefficient (Wildman–Crippen LogP) is 0.350. The molecule has 0 bridgehead atoms. The van der Waals surface area contributed by atoms with Gasteiger partial charge < -0.3 is 20.4 Å². The first-order valence-corrected chi connectivity index (χ1v) is 6.00. The van der Waals surface area contributed by atoms with E-state index in [9.17, 15) is 0 Å². The van der Waals surface area contributed by atoms with Crippen LogP contribution in [-0.4, -0.2) is 53.4 Å². The third-order valence-corrected chi connectivity index (χ3v) is 3.18. The molecule has 0 aromatic heterocycles. The van der Waals surface area contributed by atoms with Gasteiger partial charge in [-0.25, -0.2) is 0 Å². The van der Waals surface area contributed by atoms with Gasteiger partial charge in [0.05, 0.1) is 6.67 Å². The van der Waals surface area contributed by atoms with Crippen LogP contribution in [0.4, 0.5) is 0 Å². The van der Waals surface area contributed by atoms with E-state index in [1.54, 1.807) is 0 Å². The molecule has 2 N–H and O–H groups in total. The van der Waals surface area contributed by atoms with Crippen LogP contribution in [0.3, 0.4) is 0 Å². The quantitative estimate of drug-likeness (QED) is 0.649. The van der Waals surface area contributed by atoms with Crippen molar-refractivity contribution in [2.45, 2.75) is 13.3 Å². The normalized spacial score (nSPS) is 16.1. The fraction of sp³-hybridized carbons (Fsp3) is 0.778. The summed E-state index contributed by atoms with van der Waals surface area (Å²) in [6.07, 6.45) is 1.09. The van der Waals surface area contributed by atoms with E-state index in [2.05, 4.69) is 20.4 Å². The lowest BCUT2D eigenvalue weighted by atomic mass is 10.3. The van der Waals surface area contributed by atoms with Crippen molar-refractivity contribution in [1.29, 1.82) is 0 Å². The average Bonchev–Trinajstić information content (AvgIpc) is 2.28. The molecule has 1 aliphatic rings. The number of thiocarbonyl (C=S) groups is 2. The second-order valence-electron chi connectivity index (χ2n) is 3.41. The number of rotatable bonds is 1. The van der Waals surface area contributed by atoms with E-state index >= 15 is 0 Å². The molecule has 4 nitrogen and oxygen atoms in total. The standard InChI is InChI=1S/C9H18N4S2/c1-3-11-9(15)13-6-4-5-12(7-13)8(14)10-2/h3-7H2,1-2H3,(H,10,14)(H,11,15). The topological polar surface area (TPSA) is 30.5 Å². The highest BCUT2D eigenvalue weighted by Gasteiger charge is 2.20. The van der Waals surface area contributed by atoms with Gasteiger partial charge >= 0.3 is 0 Å². The zero-order valence-corrected chi connectivity index (χ0v) is 10.9. The van der Waals surface area contributed by atoms with Crippen LogP contribution in [0, 0.1) is 0 Å². The highest BCUT2D eigenvalue weighted by molar-refractivity contribution is 7.80. The Morgan fingerprint density at radius 1 is 1.20 bits per heavy atom. The Labute approximate surface area is 102 Å². The Bertz CT molecular complexity index is 244. The molecule has 86 valence electrons. The van der Waals surface area contributed by atoms with Gasteiger partial charge in [0.25, 0.3) is 0 Å². The molecule has 0 spiro atoms. The number of hydrogen-bond acceptors (Lipinski definition) is 2. The molecule has 15 heavy (non-hydrogen) atoms. The monoisotopic (exact) mass is 246 g/mol.